The Morgan fingerprint density at radius 3 is 2.67 bits per heavy atom. The van der Waals surface area contributed by atoms with Crippen LogP contribution in [0.5, 0.6) is 0 Å². The molecule has 1 aromatic rings. The van der Waals surface area contributed by atoms with Gasteiger partial charge >= 0.3 is 0 Å². The fourth-order valence-electron chi connectivity index (χ4n) is 4.25. The second kappa shape index (κ2) is 4.94. The SMILES string of the molecule is CCCC[C@@H]1O[C@](O)(c2ccccc2)[C@H]2[C@H]1[C@@H]1C=C[C@H]2O1. The van der Waals surface area contributed by atoms with Gasteiger partial charge in [-0.1, -0.05) is 62.2 Å². The van der Waals surface area contributed by atoms with Crippen LogP contribution in [0.3, 0.4) is 0 Å². The van der Waals surface area contributed by atoms with E-state index in [-0.39, 0.29) is 30.1 Å². The maximum atomic E-state index is 11.3. The summed E-state index contributed by atoms with van der Waals surface area (Å²) in [5.74, 6) is -0.928. The lowest BCUT2D eigenvalue weighted by molar-refractivity contribution is -0.233. The van der Waals surface area contributed by atoms with Gasteiger partial charge in [0.1, 0.15) is 0 Å². The van der Waals surface area contributed by atoms with Gasteiger partial charge in [0.15, 0.2) is 5.79 Å². The van der Waals surface area contributed by atoms with Crippen LogP contribution >= 0.6 is 0 Å². The molecule has 3 aliphatic rings. The molecule has 112 valence electrons. The van der Waals surface area contributed by atoms with Crippen molar-refractivity contribution in [3.63, 3.8) is 0 Å². The summed E-state index contributed by atoms with van der Waals surface area (Å²) in [4.78, 5) is 0. The Morgan fingerprint density at radius 2 is 1.90 bits per heavy atom. The molecule has 6 atom stereocenters. The predicted molar refractivity (Wildman–Crippen MR) is 79.5 cm³/mol. The van der Waals surface area contributed by atoms with E-state index in [0.717, 1.165) is 24.8 Å². The first-order valence-corrected chi connectivity index (χ1v) is 8.03. The summed E-state index contributed by atoms with van der Waals surface area (Å²) in [6, 6.07) is 9.78. The molecule has 0 radical (unpaired) electrons. The molecule has 0 unspecified atom stereocenters. The van der Waals surface area contributed by atoms with Crippen LogP contribution < -0.4 is 0 Å². The highest BCUT2D eigenvalue weighted by Crippen LogP contribution is 2.57. The van der Waals surface area contributed by atoms with Crippen molar-refractivity contribution >= 4 is 0 Å². The van der Waals surface area contributed by atoms with Crippen molar-refractivity contribution in [3.05, 3.63) is 48.0 Å². The molecule has 3 aliphatic heterocycles. The van der Waals surface area contributed by atoms with Crippen LogP contribution in [0, 0.1) is 11.8 Å². The number of ether oxygens (including phenoxy) is 2. The van der Waals surface area contributed by atoms with Gasteiger partial charge in [0.2, 0.25) is 0 Å². The van der Waals surface area contributed by atoms with Crippen molar-refractivity contribution in [1.82, 2.24) is 0 Å². The van der Waals surface area contributed by atoms with Crippen LogP contribution in [0.4, 0.5) is 0 Å². The highest BCUT2D eigenvalue weighted by Gasteiger charge is 2.64. The van der Waals surface area contributed by atoms with E-state index < -0.39 is 5.79 Å². The van der Waals surface area contributed by atoms with E-state index >= 15 is 0 Å². The number of benzene rings is 1. The van der Waals surface area contributed by atoms with E-state index in [1.807, 2.05) is 30.3 Å². The summed E-state index contributed by atoms with van der Waals surface area (Å²) in [7, 11) is 0. The normalized spacial score (nSPS) is 43.4. The van der Waals surface area contributed by atoms with E-state index in [4.69, 9.17) is 9.47 Å². The zero-order chi connectivity index (χ0) is 14.4. The minimum atomic E-state index is -1.21. The van der Waals surface area contributed by atoms with Gasteiger partial charge < -0.3 is 14.6 Å². The zero-order valence-electron chi connectivity index (χ0n) is 12.3. The molecule has 3 nitrogen and oxygen atoms in total. The van der Waals surface area contributed by atoms with Crippen LogP contribution in [0.1, 0.15) is 31.7 Å². The Kier molecular flexibility index (Phi) is 3.18. The largest absolute Gasteiger partial charge is 0.366 e. The van der Waals surface area contributed by atoms with Crippen LogP contribution in [-0.2, 0) is 15.3 Å². The minimum Gasteiger partial charge on any atom is -0.366 e. The summed E-state index contributed by atoms with van der Waals surface area (Å²) in [6.45, 7) is 2.19. The smallest absolute Gasteiger partial charge is 0.198 e. The molecular formula is C18H22O3. The Bertz CT molecular complexity index is 541. The highest BCUT2D eigenvalue weighted by molar-refractivity contribution is 5.29. The van der Waals surface area contributed by atoms with Crippen LogP contribution in [0.15, 0.2) is 42.5 Å². The average molecular weight is 286 g/mol. The van der Waals surface area contributed by atoms with Crippen LogP contribution in [0.2, 0.25) is 0 Å². The van der Waals surface area contributed by atoms with Crippen LogP contribution in [0.25, 0.3) is 0 Å². The maximum absolute atomic E-state index is 11.3. The molecule has 1 N–H and O–H groups in total. The first kappa shape index (κ1) is 13.5. The lowest BCUT2D eigenvalue weighted by Crippen LogP contribution is -2.38. The summed E-state index contributed by atoms with van der Waals surface area (Å²) < 4.78 is 12.2. The molecule has 0 saturated carbocycles. The Morgan fingerprint density at radius 1 is 1.14 bits per heavy atom. The Balaban J connectivity index is 1.70. The lowest BCUT2D eigenvalue weighted by Gasteiger charge is -2.31. The van der Waals surface area contributed by atoms with Crippen molar-refractivity contribution in [2.45, 2.75) is 50.3 Å². The summed E-state index contributed by atoms with van der Waals surface area (Å²) in [5, 5.41) is 11.3. The highest BCUT2D eigenvalue weighted by atomic mass is 16.6. The molecule has 21 heavy (non-hydrogen) atoms. The van der Waals surface area contributed by atoms with Crippen molar-refractivity contribution in [3.8, 4) is 0 Å². The van der Waals surface area contributed by atoms with E-state index in [0.29, 0.717) is 0 Å². The third-order valence-corrected chi connectivity index (χ3v) is 5.19. The number of fused-ring (bicyclic) bond motifs is 5. The molecule has 2 bridgehead atoms. The first-order valence-electron chi connectivity index (χ1n) is 8.03. The molecule has 2 saturated heterocycles. The summed E-state index contributed by atoms with van der Waals surface area (Å²) in [6.07, 6.45) is 7.67. The van der Waals surface area contributed by atoms with Crippen molar-refractivity contribution in [2.24, 2.45) is 11.8 Å². The Hall–Kier alpha value is -1.16. The average Bonchev–Trinajstić information content (AvgIpc) is 3.19. The molecule has 0 amide bonds. The van der Waals surface area contributed by atoms with Gasteiger partial charge in [-0.3, -0.25) is 0 Å². The molecule has 3 heteroatoms. The zero-order valence-corrected chi connectivity index (χ0v) is 12.3. The number of hydrogen-bond donors (Lipinski definition) is 1. The molecular weight excluding hydrogens is 264 g/mol. The topological polar surface area (TPSA) is 38.7 Å². The van der Waals surface area contributed by atoms with Gasteiger partial charge in [-0.2, -0.15) is 0 Å². The second-order valence-electron chi connectivity index (χ2n) is 6.41. The van der Waals surface area contributed by atoms with Crippen molar-refractivity contribution < 1.29 is 14.6 Å². The van der Waals surface area contributed by atoms with Crippen LogP contribution in [-0.4, -0.2) is 23.4 Å². The summed E-state index contributed by atoms with van der Waals surface area (Å²) >= 11 is 0. The van der Waals surface area contributed by atoms with Gasteiger partial charge in [-0.25, -0.2) is 0 Å². The fourth-order valence-corrected chi connectivity index (χ4v) is 4.25. The quantitative estimate of drug-likeness (QED) is 0.865. The van der Waals surface area contributed by atoms with Gasteiger partial charge in [-0.05, 0) is 6.42 Å². The molecule has 0 aromatic heterocycles. The van der Waals surface area contributed by atoms with Gasteiger partial charge in [0.25, 0.3) is 0 Å². The molecule has 2 fully saturated rings. The maximum Gasteiger partial charge on any atom is 0.198 e. The second-order valence-corrected chi connectivity index (χ2v) is 6.41. The van der Waals surface area contributed by atoms with Gasteiger partial charge in [0, 0.05) is 11.5 Å². The number of unbranched alkanes of at least 4 members (excludes halogenated alkanes) is 1. The first-order chi connectivity index (χ1) is 10.2. The number of hydrogen-bond acceptors (Lipinski definition) is 3. The molecule has 0 spiro atoms. The van der Waals surface area contributed by atoms with E-state index in [1.54, 1.807) is 0 Å². The van der Waals surface area contributed by atoms with Gasteiger partial charge in [-0.15, -0.1) is 0 Å². The predicted octanol–water partition coefficient (Wildman–Crippen LogP) is 2.99. The monoisotopic (exact) mass is 286 g/mol. The third kappa shape index (κ3) is 1.91. The van der Waals surface area contributed by atoms with Crippen molar-refractivity contribution in [1.29, 1.82) is 0 Å². The molecule has 3 heterocycles. The molecule has 4 rings (SSSR count). The van der Waals surface area contributed by atoms with Gasteiger partial charge in [0.05, 0.1) is 24.2 Å². The van der Waals surface area contributed by atoms with Crippen molar-refractivity contribution in [2.75, 3.05) is 0 Å². The standard InChI is InChI=1S/C18H22O3/c1-2-3-9-14-16-13-10-11-15(20-13)17(16)18(19,21-14)12-7-5-4-6-8-12/h4-8,10-11,13-17,19H,2-3,9H2,1H3/t13-,14-,15+,16-,17+,18+/m0/s1. The van der Waals surface area contributed by atoms with E-state index in [1.165, 1.54) is 0 Å². The minimum absolute atomic E-state index is 0.0109. The molecule has 0 aliphatic carbocycles. The molecule has 1 aromatic carbocycles. The van der Waals surface area contributed by atoms with E-state index in [9.17, 15) is 5.11 Å². The summed E-state index contributed by atoms with van der Waals surface area (Å²) in [5.41, 5.74) is 0.851. The van der Waals surface area contributed by atoms with E-state index in [2.05, 4.69) is 19.1 Å². The third-order valence-electron chi connectivity index (χ3n) is 5.19. The lowest BCUT2D eigenvalue weighted by atomic mass is 9.75. The number of rotatable bonds is 4. The Labute approximate surface area is 125 Å². The number of aliphatic hydroxyl groups is 1. The fraction of sp³-hybridized carbons (Fsp3) is 0.556.